The van der Waals surface area contributed by atoms with Crippen molar-refractivity contribution >= 4 is 46.3 Å². The van der Waals surface area contributed by atoms with Gasteiger partial charge in [-0.25, -0.2) is 4.99 Å². The number of para-hydroxylation sites is 2. The zero-order valence-electron chi connectivity index (χ0n) is 17.5. The molecule has 32 heavy (non-hydrogen) atoms. The molecule has 0 radical (unpaired) electrons. The summed E-state index contributed by atoms with van der Waals surface area (Å²) in [6.07, 6.45) is 1.77. The maximum atomic E-state index is 13.3. The first-order valence-corrected chi connectivity index (χ1v) is 10.7. The van der Waals surface area contributed by atoms with E-state index < -0.39 is 5.97 Å². The maximum Gasteiger partial charge on any atom is 0.308 e. The van der Waals surface area contributed by atoms with Gasteiger partial charge in [-0.3, -0.25) is 14.5 Å². The third-order valence-electron chi connectivity index (χ3n) is 4.54. The number of esters is 1. The molecule has 3 aromatic rings. The van der Waals surface area contributed by atoms with E-state index >= 15 is 0 Å². The molecule has 0 unspecified atom stereocenters. The van der Waals surface area contributed by atoms with Crippen molar-refractivity contribution in [2.75, 3.05) is 12.0 Å². The van der Waals surface area contributed by atoms with Crippen LogP contribution in [0.4, 0.5) is 11.4 Å². The number of benzene rings is 3. The number of nitrogens with zero attached hydrogens (tertiary/aromatic N) is 2. The van der Waals surface area contributed by atoms with Crippen LogP contribution in [0.2, 0.25) is 0 Å². The molecular weight excluding hydrogens is 424 g/mol. The summed E-state index contributed by atoms with van der Waals surface area (Å²) in [6, 6.07) is 24.1. The summed E-state index contributed by atoms with van der Waals surface area (Å²) in [5.41, 5.74) is 2.24. The van der Waals surface area contributed by atoms with Crippen molar-refractivity contribution in [3.8, 4) is 11.5 Å². The van der Waals surface area contributed by atoms with Crippen molar-refractivity contribution in [1.29, 1.82) is 0 Å². The van der Waals surface area contributed by atoms with Gasteiger partial charge in [0, 0.05) is 6.92 Å². The number of methoxy groups -OCH3 is 1. The zero-order valence-corrected chi connectivity index (χ0v) is 18.3. The number of carbonyl (C=O) groups is 2. The highest BCUT2D eigenvalue weighted by Gasteiger charge is 2.34. The van der Waals surface area contributed by atoms with E-state index in [1.165, 1.54) is 25.8 Å². The van der Waals surface area contributed by atoms with Crippen molar-refractivity contribution in [2.45, 2.75) is 6.92 Å². The van der Waals surface area contributed by atoms with Crippen molar-refractivity contribution in [2.24, 2.45) is 4.99 Å². The molecule has 0 aliphatic carbocycles. The molecule has 1 aliphatic rings. The van der Waals surface area contributed by atoms with Gasteiger partial charge in [-0.05, 0) is 59.8 Å². The number of hydrogen-bond acceptors (Lipinski definition) is 6. The highest BCUT2D eigenvalue weighted by molar-refractivity contribution is 8.19. The normalized spacial score (nSPS) is 15.9. The van der Waals surface area contributed by atoms with Crippen LogP contribution >= 0.6 is 11.8 Å². The van der Waals surface area contributed by atoms with E-state index in [0.717, 1.165) is 16.9 Å². The molecule has 0 spiro atoms. The van der Waals surface area contributed by atoms with Crippen molar-refractivity contribution in [3.05, 3.63) is 89.3 Å². The van der Waals surface area contributed by atoms with Crippen LogP contribution in [-0.2, 0) is 9.59 Å². The number of aliphatic imine (C=N–C) groups is 1. The number of carbonyl (C=O) groups excluding carboxylic acids is 2. The predicted octanol–water partition coefficient (Wildman–Crippen LogP) is 5.43. The van der Waals surface area contributed by atoms with Crippen LogP contribution in [-0.4, -0.2) is 24.2 Å². The topological polar surface area (TPSA) is 68.2 Å². The quantitative estimate of drug-likeness (QED) is 0.298. The number of amides is 1. The summed E-state index contributed by atoms with van der Waals surface area (Å²) in [7, 11) is 1.50. The third kappa shape index (κ3) is 4.73. The average molecular weight is 445 g/mol. The average Bonchev–Trinajstić information content (AvgIpc) is 3.10. The van der Waals surface area contributed by atoms with Crippen LogP contribution in [0, 0.1) is 0 Å². The van der Waals surface area contributed by atoms with Gasteiger partial charge in [-0.15, -0.1) is 0 Å². The lowest BCUT2D eigenvalue weighted by molar-refractivity contribution is -0.132. The van der Waals surface area contributed by atoms with Crippen molar-refractivity contribution < 1.29 is 19.1 Å². The summed E-state index contributed by atoms with van der Waals surface area (Å²) in [5, 5.41) is 0.571. The van der Waals surface area contributed by atoms with Gasteiger partial charge in [0.1, 0.15) is 0 Å². The molecule has 0 N–H and O–H groups in total. The molecule has 1 fully saturated rings. The number of rotatable bonds is 5. The van der Waals surface area contributed by atoms with Crippen LogP contribution in [0.5, 0.6) is 11.5 Å². The highest BCUT2D eigenvalue weighted by atomic mass is 32.2. The Morgan fingerprint density at radius 1 is 0.969 bits per heavy atom. The lowest BCUT2D eigenvalue weighted by Gasteiger charge is -2.15. The van der Waals surface area contributed by atoms with Gasteiger partial charge >= 0.3 is 5.97 Å². The van der Waals surface area contributed by atoms with E-state index in [9.17, 15) is 9.59 Å². The van der Waals surface area contributed by atoms with E-state index in [0.29, 0.717) is 21.6 Å². The maximum absolute atomic E-state index is 13.3. The number of anilines is 1. The molecule has 1 saturated heterocycles. The Kier molecular flexibility index (Phi) is 6.37. The van der Waals surface area contributed by atoms with Crippen LogP contribution in [0.25, 0.3) is 6.08 Å². The minimum Gasteiger partial charge on any atom is -0.493 e. The van der Waals surface area contributed by atoms with Gasteiger partial charge in [-0.1, -0.05) is 42.5 Å². The number of thioether (sulfide) groups is 1. The van der Waals surface area contributed by atoms with E-state index in [4.69, 9.17) is 14.5 Å². The summed E-state index contributed by atoms with van der Waals surface area (Å²) in [6.45, 7) is 1.33. The summed E-state index contributed by atoms with van der Waals surface area (Å²) >= 11 is 1.30. The minimum absolute atomic E-state index is 0.168. The van der Waals surface area contributed by atoms with Crippen LogP contribution < -0.4 is 14.4 Å². The molecule has 6 nitrogen and oxygen atoms in total. The fourth-order valence-corrected chi connectivity index (χ4v) is 4.13. The Bertz CT molecular complexity index is 1210. The SMILES string of the molecule is COc1cc(C=C2SC(=Nc3ccccc3)N(c3ccccc3)C2=O)ccc1OC(C)=O. The van der Waals surface area contributed by atoms with Gasteiger partial charge in [0.05, 0.1) is 23.4 Å². The lowest BCUT2D eigenvalue weighted by atomic mass is 10.2. The molecule has 7 heteroatoms. The van der Waals surface area contributed by atoms with Crippen LogP contribution in [0.15, 0.2) is 88.8 Å². The Labute approximate surface area is 190 Å². The molecule has 1 aliphatic heterocycles. The van der Waals surface area contributed by atoms with E-state index in [1.807, 2.05) is 60.7 Å². The fourth-order valence-electron chi connectivity index (χ4n) is 3.13. The molecule has 3 aromatic carbocycles. The summed E-state index contributed by atoms with van der Waals surface area (Å²) in [5.74, 6) is 0.128. The number of ether oxygens (including phenoxy) is 2. The number of hydrogen-bond donors (Lipinski definition) is 0. The molecule has 0 saturated carbocycles. The van der Waals surface area contributed by atoms with E-state index in [1.54, 1.807) is 29.2 Å². The Morgan fingerprint density at radius 2 is 1.66 bits per heavy atom. The second-order valence-corrected chi connectivity index (χ2v) is 7.83. The van der Waals surface area contributed by atoms with Crippen LogP contribution in [0.1, 0.15) is 12.5 Å². The number of amidine groups is 1. The summed E-state index contributed by atoms with van der Waals surface area (Å²) in [4.78, 5) is 31.4. The van der Waals surface area contributed by atoms with Gasteiger partial charge in [0.25, 0.3) is 5.91 Å². The smallest absolute Gasteiger partial charge is 0.308 e. The van der Waals surface area contributed by atoms with Crippen molar-refractivity contribution in [3.63, 3.8) is 0 Å². The zero-order chi connectivity index (χ0) is 22.5. The third-order valence-corrected chi connectivity index (χ3v) is 5.51. The first-order chi connectivity index (χ1) is 15.5. The molecule has 1 amide bonds. The molecule has 1 heterocycles. The minimum atomic E-state index is -0.434. The molecule has 0 bridgehead atoms. The Morgan fingerprint density at radius 3 is 2.31 bits per heavy atom. The van der Waals surface area contributed by atoms with E-state index in [-0.39, 0.29) is 5.91 Å². The first kappa shape index (κ1) is 21.4. The largest absolute Gasteiger partial charge is 0.493 e. The second-order valence-electron chi connectivity index (χ2n) is 6.82. The van der Waals surface area contributed by atoms with Gasteiger partial charge in [0.2, 0.25) is 0 Å². The van der Waals surface area contributed by atoms with Crippen molar-refractivity contribution in [1.82, 2.24) is 0 Å². The standard InChI is InChI=1S/C25H20N2O4S/c1-17(28)31-21-14-13-18(15-22(21)30-2)16-23-24(29)27(20-11-7-4-8-12-20)25(32-23)26-19-9-5-3-6-10-19/h3-16H,1-2H3. The second kappa shape index (κ2) is 9.53. The molecule has 160 valence electrons. The predicted molar refractivity (Wildman–Crippen MR) is 127 cm³/mol. The molecule has 4 rings (SSSR count). The highest BCUT2D eigenvalue weighted by Crippen LogP contribution is 2.38. The first-order valence-electron chi connectivity index (χ1n) is 9.84. The van der Waals surface area contributed by atoms with Gasteiger partial charge in [0.15, 0.2) is 16.7 Å². The monoisotopic (exact) mass is 444 g/mol. The van der Waals surface area contributed by atoms with Gasteiger partial charge in [-0.2, -0.15) is 0 Å². The molecule has 0 aromatic heterocycles. The Balaban J connectivity index is 1.72. The van der Waals surface area contributed by atoms with E-state index in [2.05, 4.69) is 0 Å². The van der Waals surface area contributed by atoms with Gasteiger partial charge < -0.3 is 9.47 Å². The summed E-state index contributed by atoms with van der Waals surface area (Å²) < 4.78 is 10.5. The molecular formula is C25H20N2O4S. The Hall–Kier alpha value is -3.84. The lowest BCUT2D eigenvalue weighted by Crippen LogP contribution is -2.28. The fraction of sp³-hybridized carbons (Fsp3) is 0.0800. The van der Waals surface area contributed by atoms with Crippen LogP contribution in [0.3, 0.4) is 0 Å². The molecule has 0 atom stereocenters.